The first-order chi connectivity index (χ1) is 12.0. The zero-order chi connectivity index (χ0) is 17.6. The molecule has 0 spiro atoms. The molecule has 0 N–H and O–H groups in total. The van der Waals surface area contributed by atoms with Crippen molar-refractivity contribution in [2.24, 2.45) is 0 Å². The molecule has 6 nitrogen and oxygen atoms in total. The van der Waals surface area contributed by atoms with Gasteiger partial charge in [0.15, 0.2) is 0 Å². The quantitative estimate of drug-likeness (QED) is 0.448. The van der Waals surface area contributed by atoms with Gasteiger partial charge >= 0.3 is 0 Å². The molecular weight excluding hydrogens is 451 g/mol. The molecule has 1 aromatic carbocycles. The number of fused-ring (bicyclic) bond motifs is 1. The number of hydrogen-bond acceptors (Lipinski definition) is 6. The number of rotatable bonds is 3. The highest BCUT2D eigenvalue weighted by Crippen LogP contribution is 2.28. The standard InChI is InChI=1S/C15H7BrCl2N4O2S/c16-7-1-11(25-5-7)14-20-12(24-21-14)4-22-6-19-13-9(15(22)23)2-8(17)3-10(13)18/h1-3,5-6H,4H2. The van der Waals surface area contributed by atoms with Crippen LogP contribution in [0.15, 0.2) is 43.7 Å². The van der Waals surface area contributed by atoms with Gasteiger partial charge < -0.3 is 4.52 Å². The van der Waals surface area contributed by atoms with Gasteiger partial charge in [0.25, 0.3) is 5.56 Å². The van der Waals surface area contributed by atoms with Gasteiger partial charge in [-0.3, -0.25) is 9.36 Å². The van der Waals surface area contributed by atoms with Gasteiger partial charge in [0.1, 0.15) is 6.54 Å². The Morgan fingerprint density at radius 1 is 1.28 bits per heavy atom. The first kappa shape index (κ1) is 16.7. The van der Waals surface area contributed by atoms with Crippen LogP contribution < -0.4 is 5.56 Å². The van der Waals surface area contributed by atoms with Gasteiger partial charge in [-0.1, -0.05) is 28.4 Å². The van der Waals surface area contributed by atoms with Crippen molar-refractivity contribution in [3.05, 3.63) is 60.7 Å². The van der Waals surface area contributed by atoms with Crippen LogP contribution in [-0.2, 0) is 6.54 Å². The van der Waals surface area contributed by atoms with Crippen molar-refractivity contribution in [1.82, 2.24) is 19.7 Å². The number of nitrogens with zero attached hydrogens (tertiary/aromatic N) is 4. The summed E-state index contributed by atoms with van der Waals surface area (Å²) in [5, 5.41) is 6.91. The Morgan fingerprint density at radius 2 is 2.12 bits per heavy atom. The van der Waals surface area contributed by atoms with Crippen molar-refractivity contribution in [1.29, 1.82) is 0 Å². The smallest absolute Gasteiger partial charge is 0.261 e. The Kier molecular flexibility index (Phi) is 4.36. The summed E-state index contributed by atoms with van der Waals surface area (Å²) in [4.78, 5) is 22.0. The summed E-state index contributed by atoms with van der Waals surface area (Å²) in [5.41, 5.74) is 0.120. The normalized spacial score (nSPS) is 11.3. The Morgan fingerprint density at radius 3 is 2.88 bits per heavy atom. The molecule has 0 bridgehead atoms. The van der Waals surface area contributed by atoms with Crippen LogP contribution in [0, 0.1) is 0 Å². The van der Waals surface area contributed by atoms with E-state index in [2.05, 4.69) is 31.1 Å². The highest BCUT2D eigenvalue weighted by atomic mass is 79.9. The van der Waals surface area contributed by atoms with E-state index in [9.17, 15) is 4.79 Å². The summed E-state index contributed by atoms with van der Waals surface area (Å²) in [6.45, 7) is 0.103. The molecule has 10 heteroatoms. The molecule has 0 amide bonds. The Bertz CT molecular complexity index is 1150. The molecule has 0 fully saturated rings. The predicted molar refractivity (Wildman–Crippen MR) is 100 cm³/mol. The van der Waals surface area contributed by atoms with Crippen LogP contribution in [0.5, 0.6) is 0 Å². The lowest BCUT2D eigenvalue weighted by molar-refractivity contribution is 0.370. The van der Waals surface area contributed by atoms with Gasteiger partial charge in [-0.15, -0.1) is 11.3 Å². The molecule has 3 aromatic heterocycles. The third-order valence-electron chi connectivity index (χ3n) is 3.41. The lowest BCUT2D eigenvalue weighted by Gasteiger charge is -2.05. The SMILES string of the molecule is O=c1c2cc(Cl)cc(Cl)c2ncn1Cc1nc(-c2cc(Br)cs2)no1. The maximum Gasteiger partial charge on any atom is 0.261 e. The van der Waals surface area contributed by atoms with Crippen molar-refractivity contribution < 1.29 is 4.52 Å². The molecule has 0 aliphatic carbocycles. The van der Waals surface area contributed by atoms with E-state index in [0.717, 1.165) is 9.35 Å². The van der Waals surface area contributed by atoms with E-state index in [-0.39, 0.29) is 12.1 Å². The molecule has 3 heterocycles. The fraction of sp³-hybridized carbons (Fsp3) is 0.0667. The van der Waals surface area contributed by atoms with Gasteiger partial charge in [-0.05, 0) is 34.1 Å². The predicted octanol–water partition coefficient (Wildman–Crippen LogP) is 4.63. The monoisotopic (exact) mass is 456 g/mol. The molecule has 0 aliphatic heterocycles. The highest BCUT2D eigenvalue weighted by Gasteiger charge is 2.14. The molecule has 0 atom stereocenters. The van der Waals surface area contributed by atoms with Crippen LogP contribution in [0.25, 0.3) is 21.6 Å². The first-order valence-corrected chi connectivity index (χ1v) is 9.35. The summed E-state index contributed by atoms with van der Waals surface area (Å²) in [5.74, 6) is 0.773. The maximum absolute atomic E-state index is 12.6. The molecule has 0 saturated carbocycles. The molecule has 0 unspecified atom stereocenters. The number of aromatic nitrogens is 4. The summed E-state index contributed by atoms with van der Waals surface area (Å²) < 4.78 is 7.56. The first-order valence-electron chi connectivity index (χ1n) is 6.92. The second kappa shape index (κ2) is 6.53. The van der Waals surface area contributed by atoms with Gasteiger partial charge in [-0.25, -0.2) is 4.98 Å². The summed E-state index contributed by atoms with van der Waals surface area (Å²) in [7, 11) is 0. The minimum Gasteiger partial charge on any atom is -0.337 e. The third kappa shape index (κ3) is 3.22. The lowest BCUT2D eigenvalue weighted by atomic mass is 10.2. The van der Waals surface area contributed by atoms with Gasteiger partial charge in [-0.2, -0.15) is 4.98 Å². The van der Waals surface area contributed by atoms with Crippen LogP contribution in [0.2, 0.25) is 10.0 Å². The molecule has 25 heavy (non-hydrogen) atoms. The minimum absolute atomic E-state index is 0.103. The highest BCUT2D eigenvalue weighted by molar-refractivity contribution is 9.10. The Balaban J connectivity index is 1.71. The minimum atomic E-state index is -0.284. The average Bonchev–Trinajstić information content (AvgIpc) is 3.19. The number of benzene rings is 1. The average molecular weight is 458 g/mol. The van der Waals surface area contributed by atoms with Crippen LogP contribution in [0.1, 0.15) is 5.89 Å². The topological polar surface area (TPSA) is 73.8 Å². The van der Waals surface area contributed by atoms with E-state index >= 15 is 0 Å². The maximum atomic E-state index is 12.6. The number of thiophene rings is 1. The van der Waals surface area contributed by atoms with E-state index in [0.29, 0.717) is 32.7 Å². The zero-order valence-corrected chi connectivity index (χ0v) is 16.2. The molecule has 0 radical (unpaired) electrons. The Hall–Kier alpha value is -1.74. The van der Waals surface area contributed by atoms with Crippen LogP contribution in [0.3, 0.4) is 0 Å². The van der Waals surface area contributed by atoms with Crippen molar-refractivity contribution in [2.75, 3.05) is 0 Å². The second-order valence-electron chi connectivity index (χ2n) is 5.10. The molecular formula is C15H7BrCl2N4O2S. The molecule has 126 valence electrons. The van der Waals surface area contributed by atoms with E-state index in [1.54, 1.807) is 6.07 Å². The second-order valence-corrected chi connectivity index (χ2v) is 7.77. The molecule has 0 saturated heterocycles. The third-order valence-corrected chi connectivity index (χ3v) is 5.60. The molecule has 4 rings (SSSR count). The fourth-order valence-electron chi connectivity index (χ4n) is 2.30. The summed E-state index contributed by atoms with van der Waals surface area (Å²) >= 11 is 16.9. The van der Waals surface area contributed by atoms with Gasteiger partial charge in [0.05, 0.1) is 27.1 Å². The molecule has 0 aliphatic rings. The van der Waals surface area contributed by atoms with Crippen molar-refractivity contribution in [3.8, 4) is 10.7 Å². The van der Waals surface area contributed by atoms with E-state index in [1.807, 2.05) is 11.4 Å². The van der Waals surface area contributed by atoms with Gasteiger partial charge in [0.2, 0.25) is 11.7 Å². The van der Waals surface area contributed by atoms with Crippen molar-refractivity contribution in [3.63, 3.8) is 0 Å². The van der Waals surface area contributed by atoms with E-state index in [4.69, 9.17) is 27.7 Å². The van der Waals surface area contributed by atoms with E-state index < -0.39 is 0 Å². The number of halogens is 3. The van der Waals surface area contributed by atoms with Crippen molar-refractivity contribution >= 4 is 61.4 Å². The molecule has 4 aromatic rings. The van der Waals surface area contributed by atoms with Crippen LogP contribution in [0.4, 0.5) is 0 Å². The van der Waals surface area contributed by atoms with Crippen LogP contribution in [-0.4, -0.2) is 19.7 Å². The zero-order valence-electron chi connectivity index (χ0n) is 12.2. The summed E-state index contributed by atoms with van der Waals surface area (Å²) in [6.07, 6.45) is 1.40. The van der Waals surface area contributed by atoms with Crippen LogP contribution >= 0.6 is 50.5 Å². The van der Waals surface area contributed by atoms with Gasteiger partial charge in [0, 0.05) is 14.9 Å². The Labute approximate surface area is 163 Å². The number of hydrogen-bond donors (Lipinski definition) is 0. The van der Waals surface area contributed by atoms with E-state index in [1.165, 1.54) is 28.3 Å². The fourth-order valence-corrected chi connectivity index (χ4v) is 4.20. The summed E-state index contributed by atoms with van der Waals surface area (Å²) in [6, 6.07) is 4.98. The largest absolute Gasteiger partial charge is 0.337 e. The van der Waals surface area contributed by atoms with Crippen molar-refractivity contribution in [2.45, 2.75) is 6.54 Å². The lowest BCUT2D eigenvalue weighted by Crippen LogP contribution is -2.21.